The van der Waals surface area contributed by atoms with Crippen LogP contribution in [0.15, 0.2) is 0 Å². The Labute approximate surface area is 72.3 Å². The quantitative estimate of drug-likeness (QED) is 0.676. The molecule has 0 aliphatic rings. The van der Waals surface area contributed by atoms with Gasteiger partial charge in [-0.1, -0.05) is 0 Å². The van der Waals surface area contributed by atoms with Crippen molar-refractivity contribution < 1.29 is 22.0 Å². The van der Waals surface area contributed by atoms with Crippen molar-refractivity contribution in [2.45, 2.75) is 25.1 Å². The maximum absolute atomic E-state index is 12.2. The number of nitrogens with two attached hydrogens (primary N) is 1. The summed E-state index contributed by atoms with van der Waals surface area (Å²) >= 11 is 0. The lowest BCUT2D eigenvalue weighted by Crippen LogP contribution is -2.48. The van der Waals surface area contributed by atoms with E-state index in [0.717, 1.165) is 0 Å². The minimum atomic E-state index is -5.51. The Hall–Kier alpha value is -0.430. The van der Waals surface area contributed by atoms with Crippen LogP contribution in [0.25, 0.3) is 0 Å². The molecule has 0 aromatic carbocycles. The monoisotopic (exact) mass is 206 g/mol. The second-order valence-corrected chi connectivity index (χ2v) is 2.72. The summed E-state index contributed by atoms with van der Waals surface area (Å²) in [5.74, 6) is -4.70. The second kappa shape index (κ2) is 4.19. The first-order valence-electron chi connectivity index (χ1n) is 3.58. The third-order valence-corrected chi connectivity index (χ3v) is 1.44. The molecule has 0 amide bonds. The van der Waals surface area contributed by atoms with E-state index in [2.05, 4.69) is 0 Å². The molecule has 7 heteroatoms. The van der Waals surface area contributed by atoms with Gasteiger partial charge < -0.3 is 11.1 Å². The average Bonchev–Trinajstić information content (AvgIpc) is 1.98. The van der Waals surface area contributed by atoms with Crippen molar-refractivity contribution >= 4 is 0 Å². The molecular formula is C6H11F5N2. The highest BCUT2D eigenvalue weighted by molar-refractivity contribution is 4.79. The number of hydrogen-bond acceptors (Lipinski definition) is 2. The number of halogens is 5. The Morgan fingerprint density at radius 1 is 1.23 bits per heavy atom. The summed E-state index contributed by atoms with van der Waals surface area (Å²) in [5, 5.41) is 1.98. The standard InChI is InChI=1S/C6H11F5N2/c1-4(2-12)13-3-5(7,8)6(9,10)11/h4,13H,2-3,12H2,1H3. The van der Waals surface area contributed by atoms with E-state index in [1.807, 2.05) is 5.32 Å². The second-order valence-electron chi connectivity index (χ2n) is 2.72. The zero-order valence-corrected chi connectivity index (χ0v) is 6.96. The van der Waals surface area contributed by atoms with Crippen molar-refractivity contribution in [3.05, 3.63) is 0 Å². The molecular weight excluding hydrogens is 195 g/mol. The SMILES string of the molecule is CC(CN)NCC(F)(F)C(F)(F)F. The highest BCUT2D eigenvalue weighted by Gasteiger charge is 2.56. The average molecular weight is 206 g/mol. The predicted molar refractivity (Wildman–Crippen MR) is 37.5 cm³/mol. The Kier molecular flexibility index (Phi) is 4.05. The lowest BCUT2D eigenvalue weighted by molar-refractivity contribution is -0.279. The van der Waals surface area contributed by atoms with E-state index in [1.165, 1.54) is 6.92 Å². The fourth-order valence-corrected chi connectivity index (χ4v) is 0.486. The van der Waals surface area contributed by atoms with E-state index in [9.17, 15) is 22.0 Å². The van der Waals surface area contributed by atoms with Crippen molar-refractivity contribution in [1.29, 1.82) is 0 Å². The van der Waals surface area contributed by atoms with E-state index in [1.54, 1.807) is 0 Å². The van der Waals surface area contributed by atoms with Gasteiger partial charge in [0.25, 0.3) is 0 Å². The molecule has 0 rings (SSSR count). The highest BCUT2D eigenvalue weighted by Crippen LogP contribution is 2.34. The van der Waals surface area contributed by atoms with Gasteiger partial charge in [-0.3, -0.25) is 0 Å². The molecule has 0 radical (unpaired) electrons. The van der Waals surface area contributed by atoms with Gasteiger partial charge in [-0.2, -0.15) is 22.0 Å². The molecule has 2 nitrogen and oxygen atoms in total. The molecule has 0 fully saturated rings. The van der Waals surface area contributed by atoms with Crippen LogP contribution in [-0.4, -0.2) is 31.2 Å². The third kappa shape index (κ3) is 3.86. The molecule has 80 valence electrons. The largest absolute Gasteiger partial charge is 0.454 e. The molecule has 1 atom stereocenters. The first-order valence-corrected chi connectivity index (χ1v) is 3.58. The fraction of sp³-hybridized carbons (Fsp3) is 1.00. The summed E-state index contributed by atoms with van der Waals surface area (Å²) < 4.78 is 59.1. The molecule has 3 N–H and O–H groups in total. The zero-order chi connectivity index (χ0) is 10.7. The Morgan fingerprint density at radius 3 is 2.00 bits per heavy atom. The van der Waals surface area contributed by atoms with E-state index in [-0.39, 0.29) is 6.54 Å². The van der Waals surface area contributed by atoms with Crippen molar-refractivity contribution in [2.24, 2.45) is 5.73 Å². The molecule has 0 bridgehead atoms. The van der Waals surface area contributed by atoms with Gasteiger partial charge in [0.05, 0.1) is 6.54 Å². The molecule has 0 spiro atoms. The van der Waals surface area contributed by atoms with Gasteiger partial charge >= 0.3 is 12.1 Å². The van der Waals surface area contributed by atoms with Crippen LogP contribution in [0.4, 0.5) is 22.0 Å². The van der Waals surface area contributed by atoms with E-state index < -0.39 is 24.7 Å². The van der Waals surface area contributed by atoms with Crippen LogP contribution in [0.3, 0.4) is 0 Å². The summed E-state index contributed by atoms with van der Waals surface area (Å²) in [7, 11) is 0. The van der Waals surface area contributed by atoms with Crippen LogP contribution in [-0.2, 0) is 0 Å². The fourth-order valence-electron chi connectivity index (χ4n) is 0.486. The molecule has 13 heavy (non-hydrogen) atoms. The molecule has 0 aromatic heterocycles. The minimum absolute atomic E-state index is 0.00787. The summed E-state index contributed by atoms with van der Waals surface area (Å²) in [4.78, 5) is 0. The van der Waals surface area contributed by atoms with Crippen LogP contribution in [0, 0.1) is 0 Å². The van der Waals surface area contributed by atoms with Crippen molar-refractivity contribution in [3.8, 4) is 0 Å². The van der Waals surface area contributed by atoms with Gasteiger partial charge in [-0.25, -0.2) is 0 Å². The maximum atomic E-state index is 12.2. The van der Waals surface area contributed by atoms with Gasteiger partial charge in [0.15, 0.2) is 0 Å². The first-order chi connectivity index (χ1) is 5.70. The molecule has 0 aliphatic carbocycles. The Balaban J connectivity index is 4.04. The lowest BCUT2D eigenvalue weighted by Gasteiger charge is -2.21. The van der Waals surface area contributed by atoms with Crippen LogP contribution >= 0.6 is 0 Å². The van der Waals surface area contributed by atoms with Crippen LogP contribution in [0.2, 0.25) is 0 Å². The number of hydrogen-bond donors (Lipinski definition) is 2. The summed E-state index contributed by atoms with van der Waals surface area (Å²) in [6.07, 6.45) is -5.51. The summed E-state index contributed by atoms with van der Waals surface area (Å²) in [5.41, 5.74) is 5.02. The van der Waals surface area contributed by atoms with Gasteiger partial charge in [0, 0.05) is 12.6 Å². The minimum Gasteiger partial charge on any atom is -0.329 e. The molecule has 0 saturated heterocycles. The molecule has 1 unspecified atom stereocenters. The van der Waals surface area contributed by atoms with Crippen LogP contribution < -0.4 is 11.1 Å². The normalized spacial score (nSPS) is 15.9. The topological polar surface area (TPSA) is 38.0 Å². The van der Waals surface area contributed by atoms with E-state index in [0.29, 0.717) is 0 Å². The maximum Gasteiger partial charge on any atom is 0.454 e. The summed E-state index contributed by atoms with van der Waals surface area (Å²) in [6.45, 7) is -0.00470. The predicted octanol–water partition coefficient (Wildman–Crippen LogP) is 1.12. The lowest BCUT2D eigenvalue weighted by atomic mass is 10.3. The van der Waals surface area contributed by atoms with Gasteiger partial charge in [0.2, 0.25) is 0 Å². The molecule has 0 saturated carbocycles. The van der Waals surface area contributed by atoms with Gasteiger partial charge in [-0.05, 0) is 6.92 Å². The van der Waals surface area contributed by atoms with Crippen molar-refractivity contribution in [2.75, 3.05) is 13.1 Å². The smallest absolute Gasteiger partial charge is 0.329 e. The van der Waals surface area contributed by atoms with Crippen LogP contribution in [0.5, 0.6) is 0 Å². The Bertz CT molecular complexity index is 156. The van der Waals surface area contributed by atoms with Crippen LogP contribution in [0.1, 0.15) is 6.92 Å². The number of nitrogens with one attached hydrogen (secondary N) is 1. The van der Waals surface area contributed by atoms with E-state index >= 15 is 0 Å². The first kappa shape index (κ1) is 12.6. The molecule has 0 aromatic rings. The number of rotatable bonds is 4. The van der Waals surface area contributed by atoms with Crippen molar-refractivity contribution in [1.82, 2.24) is 5.32 Å². The third-order valence-electron chi connectivity index (χ3n) is 1.44. The van der Waals surface area contributed by atoms with Gasteiger partial charge in [-0.15, -0.1) is 0 Å². The van der Waals surface area contributed by atoms with Gasteiger partial charge in [0.1, 0.15) is 0 Å². The van der Waals surface area contributed by atoms with Crippen molar-refractivity contribution in [3.63, 3.8) is 0 Å². The molecule has 0 aliphatic heterocycles. The highest BCUT2D eigenvalue weighted by atomic mass is 19.4. The Morgan fingerprint density at radius 2 is 1.69 bits per heavy atom. The number of alkyl halides is 5. The zero-order valence-electron chi connectivity index (χ0n) is 6.96. The van der Waals surface area contributed by atoms with E-state index in [4.69, 9.17) is 5.73 Å². The molecule has 0 heterocycles. The summed E-state index contributed by atoms with van der Waals surface area (Å²) in [6, 6.07) is -0.562.